The average molecular weight is 272 g/mol. The third-order valence-corrected chi connectivity index (χ3v) is 6.77. The Morgan fingerprint density at radius 2 is 1.80 bits per heavy atom. The Balaban J connectivity index is 2.00. The zero-order valence-electron chi connectivity index (χ0n) is 14.2. The zero-order chi connectivity index (χ0) is 14.5. The van der Waals surface area contributed by atoms with Crippen LogP contribution in [0.25, 0.3) is 0 Å². The Kier molecular flexibility index (Phi) is 3.42. The van der Waals surface area contributed by atoms with Crippen LogP contribution in [0, 0.1) is 22.7 Å². The summed E-state index contributed by atoms with van der Waals surface area (Å²) in [6.07, 6.45) is 12.3. The van der Waals surface area contributed by atoms with Crippen molar-refractivity contribution in [3.8, 4) is 0 Å². The highest BCUT2D eigenvalue weighted by molar-refractivity contribution is 5.40. The van der Waals surface area contributed by atoms with E-state index in [2.05, 4.69) is 40.7 Å². The lowest BCUT2D eigenvalue weighted by atomic mass is 9.49. The van der Waals surface area contributed by atoms with Crippen molar-refractivity contribution in [1.29, 1.82) is 0 Å². The van der Waals surface area contributed by atoms with Crippen LogP contribution in [0.3, 0.4) is 0 Å². The zero-order valence-corrected chi connectivity index (χ0v) is 14.2. The fraction of sp³-hybridized carbons (Fsp3) is 0.800. The minimum absolute atomic E-state index is 0.508. The molecule has 0 aromatic carbocycles. The molecule has 0 amide bonds. The minimum Gasteiger partial charge on any atom is -0.0671 e. The maximum absolute atomic E-state index is 2.60. The second-order valence-corrected chi connectivity index (χ2v) is 8.73. The van der Waals surface area contributed by atoms with Crippen molar-refractivity contribution < 1.29 is 0 Å². The van der Waals surface area contributed by atoms with Gasteiger partial charge in [0.25, 0.3) is 0 Å². The first-order valence-electron chi connectivity index (χ1n) is 8.77. The van der Waals surface area contributed by atoms with Gasteiger partial charge in [0.15, 0.2) is 0 Å². The van der Waals surface area contributed by atoms with Crippen LogP contribution in [0.1, 0.15) is 79.6 Å². The molecule has 2 atom stereocenters. The molecular weight excluding hydrogens is 240 g/mol. The van der Waals surface area contributed by atoms with Crippen LogP contribution in [-0.2, 0) is 0 Å². The lowest BCUT2D eigenvalue weighted by Crippen LogP contribution is -2.45. The van der Waals surface area contributed by atoms with E-state index in [1.807, 2.05) is 5.57 Å². The van der Waals surface area contributed by atoms with E-state index in [9.17, 15) is 0 Å². The first kappa shape index (κ1) is 14.4. The Hall–Kier alpha value is -0.520. The molecule has 112 valence electrons. The molecule has 3 aliphatic rings. The highest BCUT2D eigenvalue weighted by atomic mass is 14.5. The van der Waals surface area contributed by atoms with Crippen LogP contribution in [0.2, 0.25) is 0 Å². The first-order valence-corrected chi connectivity index (χ1v) is 8.77. The molecule has 0 bridgehead atoms. The molecule has 0 heteroatoms. The topological polar surface area (TPSA) is 0 Å². The molecule has 0 heterocycles. The average Bonchev–Trinajstić information content (AvgIpc) is 2.37. The monoisotopic (exact) mass is 272 g/mol. The van der Waals surface area contributed by atoms with Gasteiger partial charge in [-0.2, -0.15) is 0 Å². The molecule has 3 aliphatic carbocycles. The molecule has 1 fully saturated rings. The van der Waals surface area contributed by atoms with E-state index in [1.54, 1.807) is 11.1 Å². The maximum Gasteiger partial charge on any atom is -0.00770 e. The van der Waals surface area contributed by atoms with E-state index >= 15 is 0 Å². The summed E-state index contributed by atoms with van der Waals surface area (Å²) in [4.78, 5) is 0. The Labute approximate surface area is 125 Å². The van der Waals surface area contributed by atoms with E-state index in [0.29, 0.717) is 10.8 Å². The van der Waals surface area contributed by atoms with Gasteiger partial charge in [-0.05, 0) is 66.8 Å². The van der Waals surface area contributed by atoms with Crippen molar-refractivity contribution in [2.24, 2.45) is 22.7 Å². The second kappa shape index (κ2) is 4.75. The fourth-order valence-corrected chi connectivity index (χ4v) is 5.64. The lowest BCUT2D eigenvalue weighted by molar-refractivity contribution is 0.0106. The molecule has 0 spiro atoms. The van der Waals surface area contributed by atoms with Crippen LogP contribution in [0.15, 0.2) is 22.8 Å². The van der Waals surface area contributed by atoms with E-state index in [0.717, 1.165) is 11.8 Å². The van der Waals surface area contributed by atoms with Crippen LogP contribution < -0.4 is 0 Å². The van der Waals surface area contributed by atoms with Crippen molar-refractivity contribution in [2.75, 3.05) is 0 Å². The molecule has 20 heavy (non-hydrogen) atoms. The molecule has 0 aliphatic heterocycles. The molecule has 0 nitrogen and oxygen atoms in total. The summed E-state index contributed by atoms with van der Waals surface area (Å²) in [6, 6.07) is 0. The fourth-order valence-electron chi connectivity index (χ4n) is 5.64. The van der Waals surface area contributed by atoms with Crippen LogP contribution in [-0.4, -0.2) is 0 Å². The van der Waals surface area contributed by atoms with Crippen molar-refractivity contribution in [3.63, 3.8) is 0 Å². The van der Waals surface area contributed by atoms with Crippen molar-refractivity contribution in [2.45, 2.75) is 79.6 Å². The molecule has 2 unspecified atom stereocenters. The second-order valence-electron chi connectivity index (χ2n) is 8.73. The summed E-state index contributed by atoms with van der Waals surface area (Å²) in [5.41, 5.74) is 6.34. The van der Waals surface area contributed by atoms with Gasteiger partial charge in [0.1, 0.15) is 0 Å². The SMILES string of the molecule is CC(C)C1=CC2=C(CC1)C1(C)CCCC(C)(C)C1CC2. The smallest absolute Gasteiger partial charge is 0.00770 e. The standard InChI is InChI=1S/C20H32/c1-14(2)15-7-9-17-16(13-15)8-10-18-19(3,4)11-6-12-20(17,18)5/h13-14,18H,6-12H2,1-5H3. The quantitative estimate of drug-likeness (QED) is 0.526. The molecule has 0 N–H and O–H groups in total. The van der Waals surface area contributed by atoms with Crippen molar-refractivity contribution >= 4 is 0 Å². The Morgan fingerprint density at radius 1 is 1.05 bits per heavy atom. The van der Waals surface area contributed by atoms with Gasteiger partial charge in [0.05, 0.1) is 0 Å². The van der Waals surface area contributed by atoms with Gasteiger partial charge in [-0.3, -0.25) is 0 Å². The van der Waals surface area contributed by atoms with E-state index in [4.69, 9.17) is 0 Å². The number of fused-ring (bicyclic) bond motifs is 2. The minimum atomic E-state index is 0.508. The maximum atomic E-state index is 2.60. The van der Waals surface area contributed by atoms with E-state index in [-0.39, 0.29) is 0 Å². The van der Waals surface area contributed by atoms with Gasteiger partial charge in [0.2, 0.25) is 0 Å². The number of rotatable bonds is 1. The summed E-state index contributed by atoms with van der Waals surface area (Å²) >= 11 is 0. The predicted octanol–water partition coefficient (Wildman–Crippen LogP) is 6.29. The normalized spacial score (nSPS) is 36.5. The molecule has 0 radical (unpaired) electrons. The Morgan fingerprint density at radius 3 is 2.50 bits per heavy atom. The van der Waals surface area contributed by atoms with E-state index < -0.39 is 0 Å². The highest BCUT2D eigenvalue weighted by Crippen LogP contribution is 2.61. The van der Waals surface area contributed by atoms with Gasteiger partial charge in [0, 0.05) is 0 Å². The summed E-state index contributed by atoms with van der Waals surface area (Å²) in [5, 5.41) is 0. The largest absolute Gasteiger partial charge is 0.0671 e. The number of allylic oxidation sites excluding steroid dienone is 4. The van der Waals surface area contributed by atoms with Gasteiger partial charge < -0.3 is 0 Å². The number of hydrogen-bond donors (Lipinski definition) is 0. The first-order chi connectivity index (χ1) is 9.34. The van der Waals surface area contributed by atoms with Gasteiger partial charge >= 0.3 is 0 Å². The third kappa shape index (κ3) is 2.11. The summed E-state index contributed by atoms with van der Waals surface area (Å²) < 4.78 is 0. The molecule has 0 saturated heterocycles. The highest BCUT2D eigenvalue weighted by Gasteiger charge is 2.50. The summed E-state index contributed by atoms with van der Waals surface area (Å²) in [6.45, 7) is 12.4. The molecule has 0 aromatic heterocycles. The van der Waals surface area contributed by atoms with Crippen LogP contribution >= 0.6 is 0 Å². The molecule has 3 rings (SSSR count). The number of hydrogen-bond acceptors (Lipinski definition) is 0. The lowest BCUT2D eigenvalue weighted by Gasteiger charge is -2.56. The van der Waals surface area contributed by atoms with Gasteiger partial charge in [-0.15, -0.1) is 0 Å². The predicted molar refractivity (Wildman–Crippen MR) is 87.6 cm³/mol. The third-order valence-electron chi connectivity index (χ3n) is 6.77. The Bertz CT molecular complexity index is 460. The van der Waals surface area contributed by atoms with Crippen LogP contribution in [0.4, 0.5) is 0 Å². The van der Waals surface area contributed by atoms with Gasteiger partial charge in [-0.1, -0.05) is 58.3 Å². The van der Waals surface area contributed by atoms with Crippen LogP contribution in [0.5, 0.6) is 0 Å². The van der Waals surface area contributed by atoms with Crippen molar-refractivity contribution in [3.05, 3.63) is 22.8 Å². The van der Waals surface area contributed by atoms with Gasteiger partial charge in [-0.25, -0.2) is 0 Å². The summed E-state index contributed by atoms with van der Waals surface area (Å²) in [7, 11) is 0. The van der Waals surface area contributed by atoms with E-state index in [1.165, 1.54) is 44.9 Å². The molecule has 0 aromatic rings. The summed E-state index contributed by atoms with van der Waals surface area (Å²) in [5.74, 6) is 1.65. The molecule has 1 saturated carbocycles. The van der Waals surface area contributed by atoms with Crippen molar-refractivity contribution in [1.82, 2.24) is 0 Å². The molecular formula is C20H32.